The van der Waals surface area contributed by atoms with Crippen molar-refractivity contribution in [3.05, 3.63) is 60.7 Å². The largest absolute Gasteiger partial charge is 0.495 e. The van der Waals surface area contributed by atoms with Crippen LogP contribution >= 0.6 is 0 Å². The monoisotopic (exact) mass is 441 g/mol. The van der Waals surface area contributed by atoms with E-state index >= 15 is 0 Å². The molecule has 0 aliphatic rings. The molecule has 0 bridgehead atoms. The minimum Gasteiger partial charge on any atom is -0.495 e. The van der Waals surface area contributed by atoms with Crippen LogP contribution in [0, 0.1) is 0 Å². The zero-order chi connectivity index (χ0) is 22.4. The van der Waals surface area contributed by atoms with Crippen molar-refractivity contribution in [1.82, 2.24) is 4.31 Å². The lowest BCUT2D eigenvalue weighted by atomic mass is 10.1. The second-order valence-corrected chi connectivity index (χ2v) is 8.82. The minimum absolute atomic E-state index is 0.0473. The summed E-state index contributed by atoms with van der Waals surface area (Å²) < 4.78 is 32.4. The van der Waals surface area contributed by atoms with Gasteiger partial charge in [0.2, 0.25) is 15.9 Å². The third-order valence-electron chi connectivity index (χ3n) is 5.02. The highest BCUT2D eigenvalue weighted by atomic mass is 32.2. The SMILES string of the molecule is CCN(CC)S(=O)(=O)c1ccc(OC)c(NCC(=O)Nc2cccc3ccccc23)c1. The highest BCUT2D eigenvalue weighted by molar-refractivity contribution is 7.89. The van der Waals surface area contributed by atoms with E-state index in [1.165, 1.54) is 23.5 Å². The Hall–Kier alpha value is -3.10. The van der Waals surface area contributed by atoms with E-state index in [4.69, 9.17) is 4.74 Å². The van der Waals surface area contributed by atoms with Crippen LogP contribution in [-0.4, -0.2) is 45.4 Å². The first-order chi connectivity index (χ1) is 14.9. The summed E-state index contributed by atoms with van der Waals surface area (Å²) in [6.45, 7) is 4.29. The van der Waals surface area contributed by atoms with Crippen molar-refractivity contribution < 1.29 is 17.9 Å². The van der Waals surface area contributed by atoms with Gasteiger partial charge in [0.25, 0.3) is 0 Å². The summed E-state index contributed by atoms with van der Waals surface area (Å²) in [7, 11) is -2.13. The Balaban J connectivity index is 1.78. The Labute approximate surface area is 183 Å². The van der Waals surface area contributed by atoms with E-state index in [1.807, 2.05) is 42.5 Å². The lowest BCUT2D eigenvalue weighted by Crippen LogP contribution is -2.30. The smallest absolute Gasteiger partial charge is 0.243 e. The van der Waals surface area contributed by atoms with Gasteiger partial charge in [0.05, 0.1) is 24.2 Å². The molecule has 1 amide bonds. The molecule has 0 aromatic heterocycles. The van der Waals surface area contributed by atoms with Crippen LogP contribution in [0.5, 0.6) is 5.75 Å². The van der Waals surface area contributed by atoms with Crippen molar-refractivity contribution >= 4 is 38.1 Å². The van der Waals surface area contributed by atoms with Crippen LogP contribution in [0.15, 0.2) is 65.6 Å². The zero-order valence-electron chi connectivity index (χ0n) is 17.9. The highest BCUT2D eigenvalue weighted by Gasteiger charge is 2.23. The van der Waals surface area contributed by atoms with Crippen molar-refractivity contribution in [2.75, 3.05) is 37.4 Å². The number of fused-ring (bicyclic) bond motifs is 1. The summed E-state index contributed by atoms with van der Waals surface area (Å²) >= 11 is 0. The number of carbonyl (C=O) groups excluding carboxylic acids is 1. The normalized spacial score (nSPS) is 11.5. The number of ether oxygens (including phenoxy) is 1. The Kier molecular flexibility index (Phi) is 7.14. The van der Waals surface area contributed by atoms with Crippen LogP contribution < -0.4 is 15.4 Å². The Morgan fingerprint density at radius 2 is 1.68 bits per heavy atom. The van der Waals surface area contributed by atoms with Gasteiger partial charge in [0, 0.05) is 24.2 Å². The predicted octanol–water partition coefficient (Wildman–Crippen LogP) is 3.93. The van der Waals surface area contributed by atoms with Crippen molar-refractivity contribution in [3.8, 4) is 5.75 Å². The molecule has 164 valence electrons. The second kappa shape index (κ2) is 9.80. The Morgan fingerprint density at radius 1 is 0.968 bits per heavy atom. The molecule has 0 heterocycles. The van der Waals surface area contributed by atoms with Crippen molar-refractivity contribution in [2.45, 2.75) is 18.7 Å². The van der Waals surface area contributed by atoms with Gasteiger partial charge in [-0.2, -0.15) is 4.31 Å². The third kappa shape index (κ3) is 4.98. The van der Waals surface area contributed by atoms with Gasteiger partial charge in [-0.15, -0.1) is 0 Å². The molecule has 2 N–H and O–H groups in total. The predicted molar refractivity (Wildman–Crippen MR) is 124 cm³/mol. The maximum atomic E-state index is 12.8. The zero-order valence-corrected chi connectivity index (χ0v) is 18.7. The fraction of sp³-hybridized carbons (Fsp3) is 0.261. The number of carbonyl (C=O) groups is 1. The molecule has 0 aliphatic heterocycles. The fourth-order valence-electron chi connectivity index (χ4n) is 3.40. The average Bonchev–Trinajstić information content (AvgIpc) is 2.78. The maximum absolute atomic E-state index is 12.8. The summed E-state index contributed by atoms with van der Waals surface area (Å²) in [5, 5.41) is 7.88. The van der Waals surface area contributed by atoms with E-state index in [1.54, 1.807) is 19.9 Å². The number of nitrogens with one attached hydrogen (secondary N) is 2. The topological polar surface area (TPSA) is 87.7 Å². The molecule has 0 unspecified atom stereocenters. The molecule has 0 saturated carbocycles. The van der Waals surface area contributed by atoms with Gasteiger partial charge >= 0.3 is 0 Å². The average molecular weight is 442 g/mol. The number of hydrogen-bond donors (Lipinski definition) is 2. The molecular formula is C23H27N3O4S. The first-order valence-corrected chi connectivity index (χ1v) is 11.5. The second-order valence-electron chi connectivity index (χ2n) is 6.88. The van der Waals surface area contributed by atoms with Crippen LogP contribution in [0.4, 0.5) is 11.4 Å². The third-order valence-corrected chi connectivity index (χ3v) is 7.06. The molecule has 31 heavy (non-hydrogen) atoms. The van der Waals surface area contributed by atoms with E-state index in [9.17, 15) is 13.2 Å². The molecule has 0 fully saturated rings. The summed E-state index contributed by atoms with van der Waals surface area (Å²) in [5.41, 5.74) is 1.15. The van der Waals surface area contributed by atoms with Gasteiger partial charge in [-0.25, -0.2) is 8.42 Å². The molecule has 0 aliphatic carbocycles. The van der Waals surface area contributed by atoms with Crippen molar-refractivity contribution in [3.63, 3.8) is 0 Å². The Bertz CT molecular complexity index is 1170. The lowest BCUT2D eigenvalue weighted by Gasteiger charge is -2.20. The highest BCUT2D eigenvalue weighted by Crippen LogP contribution is 2.29. The number of rotatable bonds is 9. The van der Waals surface area contributed by atoms with E-state index in [0.717, 1.165) is 16.5 Å². The van der Waals surface area contributed by atoms with Gasteiger partial charge in [-0.1, -0.05) is 50.2 Å². The number of anilines is 2. The molecule has 7 nitrogen and oxygen atoms in total. The van der Waals surface area contributed by atoms with E-state index in [-0.39, 0.29) is 17.3 Å². The van der Waals surface area contributed by atoms with Crippen LogP contribution in [0.2, 0.25) is 0 Å². The van der Waals surface area contributed by atoms with E-state index < -0.39 is 10.0 Å². The van der Waals surface area contributed by atoms with Crippen molar-refractivity contribution in [2.24, 2.45) is 0 Å². The number of nitrogens with zero attached hydrogens (tertiary/aromatic N) is 1. The summed E-state index contributed by atoms with van der Waals surface area (Å²) in [6.07, 6.45) is 0. The first kappa shape index (κ1) is 22.6. The number of methoxy groups -OCH3 is 1. The van der Waals surface area contributed by atoms with Gasteiger partial charge < -0.3 is 15.4 Å². The summed E-state index contributed by atoms with van der Waals surface area (Å²) in [5.74, 6) is 0.201. The van der Waals surface area contributed by atoms with Crippen LogP contribution in [0.1, 0.15) is 13.8 Å². The molecule has 3 aromatic rings. The van der Waals surface area contributed by atoms with E-state index in [2.05, 4.69) is 10.6 Å². The van der Waals surface area contributed by atoms with Crippen LogP contribution in [-0.2, 0) is 14.8 Å². The molecule has 3 rings (SSSR count). The number of amides is 1. The molecule has 0 saturated heterocycles. The molecule has 0 spiro atoms. The molecule has 0 radical (unpaired) electrons. The van der Waals surface area contributed by atoms with Crippen LogP contribution in [0.3, 0.4) is 0 Å². The maximum Gasteiger partial charge on any atom is 0.243 e. The molecular weight excluding hydrogens is 414 g/mol. The molecule has 3 aromatic carbocycles. The number of benzene rings is 3. The van der Waals surface area contributed by atoms with Gasteiger partial charge in [-0.3, -0.25) is 4.79 Å². The van der Waals surface area contributed by atoms with Gasteiger partial charge in [0.1, 0.15) is 5.75 Å². The molecule has 0 atom stereocenters. The summed E-state index contributed by atoms with van der Waals surface area (Å²) in [6, 6.07) is 18.1. The fourth-order valence-corrected chi connectivity index (χ4v) is 4.89. The number of hydrogen-bond acceptors (Lipinski definition) is 5. The van der Waals surface area contributed by atoms with Crippen LogP contribution in [0.25, 0.3) is 10.8 Å². The van der Waals surface area contributed by atoms with E-state index in [0.29, 0.717) is 24.5 Å². The minimum atomic E-state index is -3.62. The Morgan fingerprint density at radius 3 is 2.39 bits per heavy atom. The standard InChI is InChI=1S/C23H27N3O4S/c1-4-26(5-2)31(28,29)18-13-14-22(30-3)21(15-18)24-16-23(27)25-20-12-8-10-17-9-6-7-11-19(17)20/h6-15,24H,4-5,16H2,1-3H3,(H,25,27). The van der Waals surface area contributed by atoms with Gasteiger partial charge in [-0.05, 0) is 29.7 Å². The van der Waals surface area contributed by atoms with Gasteiger partial charge in [0.15, 0.2) is 0 Å². The quantitative estimate of drug-likeness (QED) is 0.525. The lowest BCUT2D eigenvalue weighted by molar-refractivity contribution is -0.114. The molecule has 8 heteroatoms. The number of sulfonamides is 1. The first-order valence-electron chi connectivity index (χ1n) is 10.1. The summed E-state index contributed by atoms with van der Waals surface area (Å²) in [4.78, 5) is 12.7. The van der Waals surface area contributed by atoms with Crippen molar-refractivity contribution in [1.29, 1.82) is 0 Å².